The molecule has 1 aliphatic carbocycles. The average Bonchev–Trinajstić information content (AvgIpc) is 3.06. The van der Waals surface area contributed by atoms with Gasteiger partial charge in [0.25, 0.3) is 5.78 Å². The molecule has 0 aromatic rings. The van der Waals surface area contributed by atoms with Crippen LogP contribution in [0.2, 0.25) is 0 Å². The van der Waals surface area contributed by atoms with E-state index in [9.17, 15) is 19.5 Å². The van der Waals surface area contributed by atoms with Crippen LogP contribution in [0.1, 0.15) is 65.7 Å². The van der Waals surface area contributed by atoms with E-state index in [0.717, 1.165) is 31.9 Å². The lowest BCUT2D eigenvalue weighted by Gasteiger charge is -2.33. The number of hydrogen-bond acceptors (Lipinski definition) is 3. The van der Waals surface area contributed by atoms with Crippen molar-refractivity contribution in [2.24, 2.45) is 5.92 Å². The maximum Gasteiger partial charge on any atom is 0.407 e. The van der Waals surface area contributed by atoms with Crippen molar-refractivity contribution in [1.29, 1.82) is 0 Å². The van der Waals surface area contributed by atoms with E-state index in [1.54, 1.807) is 0 Å². The average molecular weight is 366 g/mol. The molecule has 0 aromatic carbocycles. The number of unbranched alkanes of at least 4 members (excludes halogenated alkanes) is 1. The maximum absolute atomic E-state index is 12.3. The predicted molar refractivity (Wildman–Crippen MR) is 96.9 cm³/mol. The summed E-state index contributed by atoms with van der Waals surface area (Å²) in [7, 11) is 0. The number of nitrogens with one attached hydrogen (secondary N) is 1. The Morgan fingerprint density at radius 2 is 1.88 bits per heavy atom. The number of Topliss-reactive ketones (excluding diaryl/α,β-unsaturated/α-hetero) is 1. The minimum atomic E-state index is -0.980. The Morgan fingerprint density at radius 3 is 2.38 bits per heavy atom. The van der Waals surface area contributed by atoms with Crippen molar-refractivity contribution in [3.63, 3.8) is 0 Å². The van der Waals surface area contributed by atoms with E-state index in [4.69, 9.17) is 5.53 Å². The minimum absolute atomic E-state index is 0.0558. The molecular weight excluding hydrogens is 336 g/mol. The Labute approximate surface area is 154 Å². The van der Waals surface area contributed by atoms with E-state index in [-0.39, 0.29) is 11.8 Å². The number of hydrogen-bond donors (Lipinski definition) is 2. The van der Waals surface area contributed by atoms with Crippen LogP contribution in [0.3, 0.4) is 0 Å². The summed E-state index contributed by atoms with van der Waals surface area (Å²) in [5.41, 5.74) is 8.09. The van der Waals surface area contributed by atoms with Gasteiger partial charge in [0.05, 0.1) is 6.04 Å². The molecule has 1 rings (SSSR count). The van der Waals surface area contributed by atoms with Crippen molar-refractivity contribution in [3.05, 3.63) is 5.53 Å². The van der Waals surface area contributed by atoms with Gasteiger partial charge in [-0.05, 0) is 52.9 Å². The van der Waals surface area contributed by atoms with Crippen molar-refractivity contribution in [2.75, 3.05) is 6.54 Å². The Balaban J connectivity index is 2.57. The van der Waals surface area contributed by atoms with Crippen LogP contribution in [0.15, 0.2) is 0 Å². The van der Waals surface area contributed by atoms with Gasteiger partial charge in [-0.3, -0.25) is 9.59 Å². The van der Waals surface area contributed by atoms with Gasteiger partial charge in [-0.15, -0.1) is 0 Å². The second-order valence-corrected chi connectivity index (χ2v) is 7.79. The fourth-order valence-electron chi connectivity index (χ4n) is 3.25. The van der Waals surface area contributed by atoms with Gasteiger partial charge >= 0.3 is 12.3 Å². The first-order valence-electron chi connectivity index (χ1n) is 9.19. The van der Waals surface area contributed by atoms with Crippen molar-refractivity contribution >= 4 is 24.0 Å². The van der Waals surface area contributed by atoms with Gasteiger partial charge in [0.1, 0.15) is 0 Å². The molecule has 0 spiro atoms. The lowest BCUT2D eigenvalue weighted by Crippen LogP contribution is -2.46. The number of carboxylic acid groups (broad SMARTS) is 1. The molecular formula is C18H30N4O4. The molecule has 8 heteroatoms. The molecule has 0 aliphatic heterocycles. The van der Waals surface area contributed by atoms with Gasteiger partial charge in [-0.2, -0.15) is 4.79 Å². The Bertz CT molecular complexity index is 558. The van der Waals surface area contributed by atoms with Crippen molar-refractivity contribution in [1.82, 2.24) is 10.2 Å². The first-order valence-corrected chi connectivity index (χ1v) is 9.19. The zero-order valence-corrected chi connectivity index (χ0v) is 15.9. The molecule has 1 aliphatic rings. The number of amides is 2. The second-order valence-electron chi connectivity index (χ2n) is 7.79. The molecule has 1 saturated carbocycles. The van der Waals surface area contributed by atoms with Gasteiger partial charge in [-0.1, -0.05) is 12.8 Å². The number of carbonyl (C=O) groups is 3. The molecule has 0 unspecified atom stereocenters. The SMILES string of the molecule is CC(C)(C)N(CCCC[C@H](NC(=O)C1CCCC1)C(=O)C=[N+]=[N-])C(=O)O. The fraction of sp³-hybridized carbons (Fsp3) is 0.778. The Kier molecular flexibility index (Phi) is 8.45. The third kappa shape index (κ3) is 6.96. The monoisotopic (exact) mass is 366 g/mol. The molecule has 0 saturated heterocycles. The number of nitrogens with zero attached hydrogens (tertiary/aromatic N) is 3. The summed E-state index contributed by atoms with van der Waals surface area (Å²) >= 11 is 0. The highest BCUT2D eigenvalue weighted by Gasteiger charge is 2.29. The molecule has 0 heterocycles. The molecule has 0 radical (unpaired) electrons. The summed E-state index contributed by atoms with van der Waals surface area (Å²) in [6.45, 7) is 5.83. The first kappa shape index (κ1) is 21.8. The van der Waals surface area contributed by atoms with Crippen molar-refractivity contribution in [2.45, 2.75) is 77.3 Å². The van der Waals surface area contributed by atoms with Crippen LogP contribution >= 0.6 is 0 Å². The highest BCUT2D eigenvalue weighted by atomic mass is 16.4. The molecule has 8 nitrogen and oxygen atoms in total. The van der Waals surface area contributed by atoms with Gasteiger partial charge in [0, 0.05) is 18.0 Å². The van der Waals surface area contributed by atoms with E-state index in [1.807, 2.05) is 20.8 Å². The minimum Gasteiger partial charge on any atom is -0.465 e. The summed E-state index contributed by atoms with van der Waals surface area (Å²) in [6.07, 6.45) is 5.05. The predicted octanol–water partition coefficient (Wildman–Crippen LogP) is 2.48. The number of ketones is 1. The quantitative estimate of drug-likeness (QED) is 0.281. The van der Waals surface area contributed by atoms with Crippen LogP contribution in [0.5, 0.6) is 0 Å². The highest BCUT2D eigenvalue weighted by Crippen LogP contribution is 2.25. The molecule has 146 valence electrons. The van der Waals surface area contributed by atoms with Gasteiger partial charge < -0.3 is 20.9 Å². The van der Waals surface area contributed by atoms with E-state index >= 15 is 0 Å². The molecule has 2 amide bonds. The molecule has 1 fully saturated rings. The molecule has 2 N–H and O–H groups in total. The zero-order chi connectivity index (χ0) is 19.7. The Hall–Kier alpha value is -2.21. The van der Waals surface area contributed by atoms with E-state index in [1.165, 1.54) is 4.90 Å². The smallest absolute Gasteiger partial charge is 0.407 e. The highest BCUT2D eigenvalue weighted by molar-refractivity contribution is 6.28. The van der Waals surface area contributed by atoms with Crippen LogP contribution in [-0.2, 0) is 9.59 Å². The van der Waals surface area contributed by atoms with Gasteiger partial charge in [0.15, 0.2) is 0 Å². The third-order valence-electron chi connectivity index (χ3n) is 4.74. The zero-order valence-electron chi connectivity index (χ0n) is 15.9. The maximum atomic E-state index is 12.3. The summed E-state index contributed by atoms with van der Waals surface area (Å²) in [4.78, 5) is 39.8. The Morgan fingerprint density at radius 1 is 1.27 bits per heavy atom. The van der Waals surface area contributed by atoms with Crippen LogP contribution in [0, 0.1) is 5.92 Å². The van der Waals surface area contributed by atoms with E-state index in [2.05, 4.69) is 10.1 Å². The molecule has 0 aromatic heterocycles. The summed E-state index contributed by atoms with van der Waals surface area (Å²) in [5, 5.41) is 12.0. The van der Waals surface area contributed by atoms with Gasteiger partial charge in [0.2, 0.25) is 5.91 Å². The third-order valence-corrected chi connectivity index (χ3v) is 4.74. The van der Waals surface area contributed by atoms with Crippen molar-refractivity contribution in [3.8, 4) is 0 Å². The first-order chi connectivity index (χ1) is 12.2. The molecule has 0 bridgehead atoms. The summed E-state index contributed by atoms with van der Waals surface area (Å²) < 4.78 is 0. The van der Waals surface area contributed by atoms with E-state index in [0.29, 0.717) is 25.8 Å². The summed E-state index contributed by atoms with van der Waals surface area (Å²) in [5.74, 6) is -0.640. The normalized spacial score (nSPS) is 15.8. The van der Waals surface area contributed by atoms with Crippen molar-refractivity contribution < 1.29 is 24.3 Å². The van der Waals surface area contributed by atoms with Crippen LogP contribution < -0.4 is 5.32 Å². The van der Waals surface area contributed by atoms with E-state index < -0.39 is 23.5 Å². The fourth-order valence-corrected chi connectivity index (χ4v) is 3.25. The second kappa shape index (κ2) is 10.1. The largest absolute Gasteiger partial charge is 0.465 e. The van der Waals surface area contributed by atoms with Crippen LogP contribution in [0.25, 0.3) is 5.53 Å². The number of carbonyl (C=O) groups excluding carboxylic acids is 2. The molecule has 1 atom stereocenters. The molecule has 26 heavy (non-hydrogen) atoms. The standard InChI is InChI=1S/C18H30N4O4/c1-18(2,3)22(17(25)26)11-7-6-10-14(15(23)12-20-19)21-16(24)13-8-4-5-9-13/h12-14H,4-11H2,1-3H3,(H,21,24)(H,25,26)/t14-/m0/s1. The lowest BCUT2D eigenvalue weighted by molar-refractivity contribution is -0.129. The van der Waals surface area contributed by atoms with Crippen LogP contribution in [-0.4, -0.2) is 56.9 Å². The lowest BCUT2D eigenvalue weighted by atomic mass is 10.0. The topological polar surface area (TPSA) is 123 Å². The summed E-state index contributed by atoms with van der Waals surface area (Å²) in [6, 6.07) is -0.744. The van der Waals surface area contributed by atoms with Crippen LogP contribution in [0.4, 0.5) is 4.79 Å². The van der Waals surface area contributed by atoms with Gasteiger partial charge in [-0.25, -0.2) is 4.79 Å². The number of rotatable bonds is 9.